The Bertz CT molecular complexity index is 795. The zero-order chi connectivity index (χ0) is 20.3. The maximum Gasteiger partial charge on any atom is 0.217 e. The van der Waals surface area contributed by atoms with E-state index in [2.05, 4.69) is 9.88 Å². The van der Waals surface area contributed by atoms with Crippen LogP contribution in [0.3, 0.4) is 0 Å². The van der Waals surface area contributed by atoms with Crippen LogP contribution in [-0.2, 0) is 26.0 Å². The predicted molar refractivity (Wildman–Crippen MR) is 108 cm³/mol. The molecule has 1 unspecified atom stereocenters. The molecule has 1 aromatic rings. The minimum absolute atomic E-state index is 0.252. The largest absolute Gasteiger partial charge is 0.495 e. The van der Waals surface area contributed by atoms with Gasteiger partial charge in [-0.25, -0.2) is 8.42 Å². The Kier molecular flexibility index (Phi) is 6.41. The quantitative estimate of drug-likeness (QED) is 0.709. The lowest BCUT2D eigenvalue weighted by molar-refractivity contribution is -0.285. The number of aromatic nitrogens is 1. The average Bonchev–Trinajstić information content (AvgIpc) is 2.75. The van der Waals surface area contributed by atoms with Gasteiger partial charge >= 0.3 is 0 Å². The molecular weight excluding hydrogens is 394 g/mol. The fourth-order valence-corrected chi connectivity index (χ4v) is 6.66. The Labute approximate surface area is 173 Å². The molecule has 0 amide bonds. The molecule has 1 aromatic heterocycles. The summed E-state index contributed by atoms with van der Waals surface area (Å²) in [7, 11) is -1.69. The fraction of sp³-hybridized carbons (Fsp3) is 0.750. The minimum Gasteiger partial charge on any atom is -0.495 e. The van der Waals surface area contributed by atoms with Gasteiger partial charge in [-0.05, 0) is 25.0 Å². The van der Waals surface area contributed by atoms with Gasteiger partial charge in [-0.2, -0.15) is 4.31 Å². The van der Waals surface area contributed by atoms with E-state index in [1.807, 2.05) is 12.1 Å². The van der Waals surface area contributed by atoms with E-state index in [-0.39, 0.29) is 11.8 Å². The highest BCUT2D eigenvalue weighted by Crippen LogP contribution is 2.31. The molecule has 0 bridgehead atoms. The first-order valence-corrected chi connectivity index (χ1v) is 12.0. The summed E-state index contributed by atoms with van der Waals surface area (Å²) in [6.45, 7) is 3.34. The normalized spacial score (nSPS) is 27.9. The molecular formula is C20H31N3O5S. The highest BCUT2D eigenvalue weighted by atomic mass is 32.2. The van der Waals surface area contributed by atoms with Gasteiger partial charge in [0.05, 0.1) is 44.4 Å². The zero-order valence-electron chi connectivity index (χ0n) is 17.1. The van der Waals surface area contributed by atoms with E-state index in [4.69, 9.17) is 14.2 Å². The van der Waals surface area contributed by atoms with Gasteiger partial charge in [0.15, 0.2) is 5.79 Å². The number of pyridine rings is 1. The van der Waals surface area contributed by atoms with E-state index in [9.17, 15) is 8.42 Å². The second kappa shape index (κ2) is 8.85. The van der Waals surface area contributed by atoms with Crippen LogP contribution >= 0.6 is 0 Å². The molecule has 0 aromatic carbocycles. The number of rotatable bonds is 5. The smallest absolute Gasteiger partial charge is 0.217 e. The van der Waals surface area contributed by atoms with E-state index in [0.717, 1.165) is 50.1 Å². The molecule has 0 N–H and O–H groups in total. The molecule has 162 valence electrons. The van der Waals surface area contributed by atoms with Gasteiger partial charge in [-0.1, -0.05) is 19.3 Å². The number of morpholine rings is 2. The SMILES string of the molecule is COc1cccnc1CN1CCOC2(C1)CN(S(=O)(=O)C1CCCCC1)CCO2. The Balaban J connectivity index is 1.45. The highest BCUT2D eigenvalue weighted by molar-refractivity contribution is 7.89. The number of sulfonamides is 1. The van der Waals surface area contributed by atoms with E-state index in [1.165, 1.54) is 0 Å². The van der Waals surface area contributed by atoms with Crippen LogP contribution in [0.2, 0.25) is 0 Å². The third kappa shape index (κ3) is 4.59. The van der Waals surface area contributed by atoms with Gasteiger partial charge in [-0.3, -0.25) is 9.88 Å². The number of ether oxygens (including phenoxy) is 3. The van der Waals surface area contributed by atoms with Gasteiger partial charge in [0.1, 0.15) is 5.75 Å². The molecule has 9 heteroatoms. The Morgan fingerprint density at radius 3 is 2.69 bits per heavy atom. The van der Waals surface area contributed by atoms with Crippen molar-refractivity contribution in [1.29, 1.82) is 0 Å². The first-order valence-electron chi connectivity index (χ1n) is 10.5. The Morgan fingerprint density at radius 2 is 1.93 bits per heavy atom. The molecule has 1 aliphatic carbocycles. The lowest BCUT2D eigenvalue weighted by Crippen LogP contribution is -2.63. The van der Waals surface area contributed by atoms with Gasteiger partial charge < -0.3 is 14.2 Å². The van der Waals surface area contributed by atoms with Crippen molar-refractivity contribution in [3.05, 3.63) is 24.0 Å². The summed E-state index contributed by atoms with van der Waals surface area (Å²) in [5.41, 5.74) is 0.856. The lowest BCUT2D eigenvalue weighted by Gasteiger charge is -2.47. The van der Waals surface area contributed by atoms with Gasteiger partial charge in [-0.15, -0.1) is 0 Å². The zero-order valence-corrected chi connectivity index (χ0v) is 17.9. The van der Waals surface area contributed by atoms with Crippen LogP contribution in [0.5, 0.6) is 5.75 Å². The number of nitrogens with zero attached hydrogens (tertiary/aromatic N) is 3. The number of hydrogen-bond acceptors (Lipinski definition) is 7. The topological polar surface area (TPSA) is 81.2 Å². The second-order valence-corrected chi connectivity index (χ2v) is 10.3. The molecule has 3 aliphatic rings. The van der Waals surface area contributed by atoms with Crippen molar-refractivity contribution in [3.8, 4) is 5.75 Å². The summed E-state index contributed by atoms with van der Waals surface area (Å²) in [5, 5.41) is -0.260. The molecule has 1 atom stereocenters. The first kappa shape index (κ1) is 21.0. The van der Waals surface area contributed by atoms with Crippen LogP contribution in [-0.4, -0.2) is 80.1 Å². The minimum atomic E-state index is -3.33. The fourth-order valence-electron chi connectivity index (χ4n) is 4.60. The Morgan fingerprint density at radius 1 is 1.17 bits per heavy atom. The monoisotopic (exact) mass is 425 g/mol. The van der Waals surface area contributed by atoms with Crippen LogP contribution in [0.25, 0.3) is 0 Å². The molecule has 29 heavy (non-hydrogen) atoms. The Hall–Kier alpha value is -1.26. The first-order chi connectivity index (χ1) is 14.0. The van der Waals surface area contributed by atoms with Crippen molar-refractivity contribution >= 4 is 10.0 Å². The van der Waals surface area contributed by atoms with Crippen molar-refractivity contribution in [3.63, 3.8) is 0 Å². The van der Waals surface area contributed by atoms with Crippen LogP contribution in [0.1, 0.15) is 37.8 Å². The van der Waals surface area contributed by atoms with Crippen molar-refractivity contribution in [1.82, 2.24) is 14.2 Å². The maximum atomic E-state index is 13.2. The lowest BCUT2D eigenvalue weighted by atomic mass is 10.0. The third-order valence-electron chi connectivity index (χ3n) is 6.14. The van der Waals surface area contributed by atoms with Gasteiger partial charge in [0.2, 0.25) is 10.0 Å². The van der Waals surface area contributed by atoms with E-state index in [0.29, 0.717) is 32.8 Å². The highest BCUT2D eigenvalue weighted by Gasteiger charge is 2.46. The predicted octanol–water partition coefficient (Wildman–Crippen LogP) is 1.61. The summed E-state index contributed by atoms with van der Waals surface area (Å²) in [6.07, 6.45) is 6.40. The molecule has 3 fully saturated rings. The van der Waals surface area contributed by atoms with Crippen LogP contribution in [0, 0.1) is 0 Å². The van der Waals surface area contributed by atoms with Gasteiger partial charge in [0, 0.05) is 25.8 Å². The van der Waals surface area contributed by atoms with Crippen molar-refractivity contribution in [2.24, 2.45) is 0 Å². The molecule has 4 rings (SSSR count). The molecule has 3 heterocycles. The molecule has 2 saturated heterocycles. The van der Waals surface area contributed by atoms with E-state index >= 15 is 0 Å². The molecule has 2 aliphatic heterocycles. The summed E-state index contributed by atoms with van der Waals surface area (Å²) < 4.78 is 45.5. The molecule has 0 radical (unpaired) electrons. The van der Waals surface area contributed by atoms with Gasteiger partial charge in [0.25, 0.3) is 0 Å². The summed E-state index contributed by atoms with van der Waals surface area (Å²) in [4.78, 5) is 6.64. The van der Waals surface area contributed by atoms with Crippen LogP contribution in [0.15, 0.2) is 18.3 Å². The second-order valence-electron chi connectivity index (χ2n) is 8.11. The third-order valence-corrected chi connectivity index (χ3v) is 8.48. The van der Waals surface area contributed by atoms with Crippen molar-refractivity contribution < 1.29 is 22.6 Å². The van der Waals surface area contributed by atoms with E-state index in [1.54, 1.807) is 17.6 Å². The number of hydrogen-bond donors (Lipinski definition) is 0. The van der Waals surface area contributed by atoms with Crippen LogP contribution in [0.4, 0.5) is 0 Å². The van der Waals surface area contributed by atoms with E-state index < -0.39 is 15.8 Å². The van der Waals surface area contributed by atoms with Crippen molar-refractivity contribution in [2.45, 2.75) is 49.7 Å². The summed E-state index contributed by atoms with van der Waals surface area (Å²) >= 11 is 0. The average molecular weight is 426 g/mol. The molecule has 1 saturated carbocycles. The number of methoxy groups -OCH3 is 1. The van der Waals surface area contributed by atoms with Crippen molar-refractivity contribution in [2.75, 3.05) is 46.5 Å². The summed E-state index contributed by atoms with van der Waals surface area (Å²) in [6, 6.07) is 3.75. The molecule has 8 nitrogen and oxygen atoms in total. The van der Waals surface area contributed by atoms with Crippen LogP contribution < -0.4 is 4.74 Å². The summed E-state index contributed by atoms with van der Waals surface area (Å²) in [5.74, 6) is -0.167. The molecule has 1 spiro atoms. The standard InChI is InChI=1S/C20H31N3O5S/c1-26-19-8-5-9-21-18(19)14-22-10-12-27-20(15-22)16-23(11-13-28-20)29(24,25)17-6-3-2-4-7-17/h5,8-9,17H,2-4,6-7,10-16H2,1H3. The maximum absolute atomic E-state index is 13.2.